The molecule has 1 aliphatic carbocycles. The molecule has 6 aliphatic heterocycles. The van der Waals surface area contributed by atoms with Crippen molar-refractivity contribution < 1.29 is 44.7 Å². The van der Waals surface area contributed by atoms with Crippen LogP contribution in [0.3, 0.4) is 0 Å². The number of rotatable bonds is 7. The van der Waals surface area contributed by atoms with Gasteiger partial charge in [-0.2, -0.15) is 0 Å². The van der Waals surface area contributed by atoms with Crippen LogP contribution in [0.1, 0.15) is 157 Å². The molecule has 7 aromatic rings. The van der Waals surface area contributed by atoms with Crippen LogP contribution in [0.15, 0.2) is 158 Å². The number of β-lactam (4-membered cyclic amide) rings is 1. The molecule has 0 unspecified atom stereocenters. The molecule has 6 heterocycles. The highest BCUT2D eigenvalue weighted by atomic mass is 19.2. The summed E-state index contributed by atoms with van der Waals surface area (Å²) in [6, 6.07) is 42.3. The molecule has 0 saturated carbocycles. The zero-order valence-electron chi connectivity index (χ0n) is 59.9. The minimum Gasteiger partial charge on any atom is -0.369 e. The first kappa shape index (κ1) is 75.4. The molecule has 0 spiro atoms. The molecule has 0 bridgehead atoms. The number of ether oxygens (including phenoxy) is 1. The lowest BCUT2D eigenvalue weighted by atomic mass is 9.82. The average molecular weight is 1340 g/mol. The van der Waals surface area contributed by atoms with E-state index in [0.717, 1.165) is 82.6 Å². The number of nitrogens with zero attached hydrogens (tertiary/aromatic N) is 5. The Hall–Kier alpha value is -7.33. The Balaban J connectivity index is 0.000000145. The van der Waals surface area contributed by atoms with Crippen LogP contribution in [0.5, 0.6) is 0 Å². The van der Waals surface area contributed by atoms with Gasteiger partial charge in [0.25, 0.3) is 0 Å². The van der Waals surface area contributed by atoms with E-state index in [4.69, 9.17) is 4.74 Å². The Kier molecular flexibility index (Phi) is 23.3. The van der Waals surface area contributed by atoms with Crippen molar-refractivity contribution in [3.8, 4) is 0 Å². The number of carbonyl (C=O) groups excluding carboxylic acids is 1. The van der Waals surface area contributed by atoms with Crippen molar-refractivity contribution in [2.45, 2.75) is 153 Å². The van der Waals surface area contributed by atoms with Crippen LogP contribution in [0.2, 0.25) is 0 Å². The highest BCUT2D eigenvalue weighted by molar-refractivity contribution is 6.04. The third-order valence-electron chi connectivity index (χ3n) is 18.8. The van der Waals surface area contributed by atoms with Crippen molar-refractivity contribution in [1.29, 1.82) is 0 Å². The lowest BCUT2D eigenvalue weighted by Gasteiger charge is -2.47. The number of likely N-dealkylation sites (tertiary alicyclic amines) is 2. The van der Waals surface area contributed by atoms with E-state index >= 15 is 0 Å². The summed E-state index contributed by atoms with van der Waals surface area (Å²) < 4.78 is 110. The Bertz CT molecular complexity index is 3830. The van der Waals surface area contributed by atoms with Crippen LogP contribution < -0.4 is 14.7 Å². The fourth-order valence-electron chi connectivity index (χ4n) is 13.9. The monoisotopic (exact) mass is 1340 g/mol. The van der Waals surface area contributed by atoms with Crippen LogP contribution in [0, 0.1) is 73.6 Å². The third-order valence-corrected chi connectivity index (χ3v) is 18.8. The van der Waals surface area contributed by atoms with Gasteiger partial charge < -0.3 is 19.4 Å². The molecule has 97 heavy (non-hydrogen) atoms. The van der Waals surface area contributed by atoms with E-state index in [1.807, 2.05) is 9.80 Å². The average Bonchev–Trinajstić information content (AvgIpc) is 1.74. The van der Waals surface area contributed by atoms with E-state index in [0.29, 0.717) is 40.9 Å². The molecule has 15 heteroatoms. The van der Waals surface area contributed by atoms with Gasteiger partial charge in [-0.15, -0.1) is 0 Å². The van der Waals surface area contributed by atoms with Gasteiger partial charge in [0.15, 0.2) is 0 Å². The fraction of sp³-hybridized carbons (Fsp3) is 0.451. The largest absolute Gasteiger partial charge is 0.369 e. The molecule has 14 rings (SSSR count). The smallest absolute Gasteiger partial charge is 0.234 e. The predicted molar refractivity (Wildman–Crippen MR) is 379 cm³/mol. The van der Waals surface area contributed by atoms with E-state index in [2.05, 4.69) is 198 Å². The van der Waals surface area contributed by atoms with Gasteiger partial charge in [-0.1, -0.05) is 166 Å². The number of carbonyl (C=O) groups is 1. The summed E-state index contributed by atoms with van der Waals surface area (Å²) in [6.45, 7) is 44.2. The second-order valence-corrected chi connectivity index (χ2v) is 32.4. The molecule has 0 aromatic heterocycles. The van der Waals surface area contributed by atoms with Gasteiger partial charge in [0.1, 0.15) is 46.5 Å². The maximum Gasteiger partial charge on any atom is 0.234 e. The van der Waals surface area contributed by atoms with Crippen LogP contribution in [-0.2, 0) is 39.2 Å². The van der Waals surface area contributed by atoms with E-state index in [-0.39, 0.29) is 39.0 Å². The lowest BCUT2D eigenvalue weighted by Crippen LogP contribution is -2.59. The Morgan fingerprint density at radius 3 is 1.25 bits per heavy atom. The van der Waals surface area contributed by atoms with Gasteiger partial charge in [0.2, 0.25) is 5.91 Å². The molecule has 0 radical (unpaired) electrons. The molecule has 0 atom stereocenters. The Morgan fingerprint density at radius 1 is 0.392 bits per heavy atom. The number of allylic oxidation sites excluding steroid dienone is 1. The normalized spacial score (nSPS) is 20.0. The van der Waals surface area contributed by atoms with Crippen LogP contribution >= 0.6 is 0 Å². The SMILES string of the molecule is CC1(C)C=Cc2ccccc21.CC1(C)CCN(Cc2ccccc2)C1.CC1(C)CCN(c2ccc(F)cc2F)C1.CC1(C)CN(Cc2ccc(F)cc2F)C1.CC1(C)CN(c2ccc(F)cc2F)C1.CC1(C)CN(c2ccc(F)cc2F)C1=O.CC1(C)OC(C)(C)c2ccccc21. The van der Waals surface area contributed by atoms with E-state index in [1.165, 1.54) is 94.7 Å². The summed E-state index contributed by atoms with van der Waals surface area (Å²) >= 11 is 0. The van der Waals surface area contributed by atoms with Crippen molar-refractivity contribution >= 4 is 29.0 Å². The summed E-state index contributed by atoms with van der Waals surface area (Å²) in [5.74, 6) is -4.40. The first-order chi connectivity index (χ1) is 45.1. The molecule has 7 nitrogen and oxygen atoms in total. The van der Waals surface area contributed by atoms with Crippen LogP contribution in [0.25, 0.3) is 6.08 Å². The Morgan fingerprint density at radius 2 is 0.814 bits per heavy atom. The van der Waals surface area contributed by atoms with Crippen molar-refractivity contribution in [2.24, 2.45) is 27.1 Å². The molecular formula is C82H101F8N5O2. The van der Waals surface area contributed by atoms with Crippen molar-refractivity contribution in [2.75, 3.05) is 73.6 Å². The second kappa shape index (κ2) is 30.0. The topological polar surface area (TPSA) is 42.5 Å². The standard InChI is InChI=1S/C13H19N.2C12H15F2N.C12H16O.C11H11F2NO.C11H13F2N.C11H12/c1-13(2)8-9-14(11-13)10-12-6-4-3-5-7-12;1-12(2)7-15(8-12)6-9-3-4-10(13)5-11(9)14;1-12(2)5-6-15(8-12)11-4-3-9(13)7-10(11)14;1-11(2)9-7-5-6-8-10(9)12(3,4)13-11;1-11(2)6-14(10(11)15)9-4-3-7(12)5-8(9)13;1-11(2)6-14(7-11)10-4-3-8(12)5-9(10)13;1-11(2)8-7-9-5-3-4-6-10(9)11/h3-7H,8-11H2,1-2H3;3-5H,6-8H2,1-2H3;3-4,7H,5-6,8H2,1-2H3;5-8H,1-4H3;3-5H,6H2,1-2H3;3-5H,6-7H2,1-2H3;3-8H,1-2H3. The van der Waals surface area contributed by atoms with Gasteiger partial charge in [0, 0.05) is 101 Å². The molecule has 522 valence electrons. The van der Waals surface area contributed by atoms with Gasteiger partial charge in [-0.3, -0.25) is 14.6 Å². The lowest BCUT2D eigenvalue weighted by molar-refractivity contribution is -0.132. The van der Waals surface area contributed by atoms with Gasteiger partial charge in [-0.05, 0) is 153 Å². The minimum atomic E-state index is -0.696. The third kappa shape index (κ3) is 20.2. The van der Waals surface area contributed by atoms with Crippen LogP contribution in [-0.4, -0.2) is 74.6 Å². The summed E-state index contributed by atoms with van der Waals surface area (Å²) in [4.78, 5) is 21.5. The first-order valence-electron chi connectivity index (χ1n) is 33.8. The summed E-state index contributed by atoms with van der Waals surface area (Å²) in [6.07, 6.45) is 6.84. The van der Waals surface area contributed by atoms with Gasteiger partial charge in [-0.25, -0.2) is 35.1 Å². The summed E-state index contributed by atoms with van der Waals surface area (Å²) in [5, 5.41) is 0. The number of amides is 1. The number of halogens is 8. The number of hydrogen-bond acceptors (Lipinski definition) is 6. The van der Waals surface area contributed by atoms with Gasteiger partial charge >= 0.3 is 0 Å². The molecular weight excluding hydrogens is 1240 g/mol. The molecule has 7 aromatic carbocycles. The first-order valence-corrected chi connectivity index (χ1v) is 33.8. The Labute approximate surface area is 572 Å². The highest BCUT2D eigenvalue weighted by Crippen LogP contribution is 2.46. The van der Waals surface area contributed by atoms with Crippen molar-refractivity contribution in [3.05, 3.63) is 238 Å². The molecule has 5 saturated heterocycles. The zero-order valence-corrected chi connectivity index (χ0v) is 59.9. The quantitative estimate of drug-likeness (QED) is 0.117. The van der Waals surface area contributed by atoms with Gasteiger partial charge in [0.05, 0.1) is 33.7 Å². The van der Waals surface area contributed by atoms with Crippen molar-refractivity contribution in [3.63, 3.8) is 0 Å². The maximum atomic E-state index is 13.5. The van der Waals surface area contributed by atoms with Crippen LogP contribution in [0.4, 0.5) is 52.2 Å². The second-order valence-electron chi connectivity index (χ2n) is 32.4. The number of fused-ring (bicyclic) bond motifs is 2. The predicted octanol–water partition coefficient (Wildman–Crippen LogP) is 20.3. The maximum absolute atomic E-state index is 13.5. The van der Waals surface area contributed by atoms with E-state index in [9.17, 15) is 39.9 Å². The highest BCUT2D eigenvalue weighted by Gasteiger charge is 2.46. The summed E-state index contributed by atoms with van der Waals surface area (Å²) in [7, 11) is 0. The zero-order chi connectivity index (χ0) is 71.3. The summed E-state index contributed by atoms with van der Waals surface area (Å²) in [5.41, 5.74) is 9.52. The minimum absolute atomic E-state index is 0.131. The number of benzene rings is 7. The van der Waals surface area contributed by atoms with E-state index < -0.39 is 52.0 Å². The number of hydrogen-bond donors (Lipinski definition) is 0. The van der Waals surface area contributed by atoms with E-state index in [1.54, 1.807) is 13.8 Å². The number of anilines is 3. The van der Waals surface area contributed by atoms with Crippen molar-refractivity contribution in [1.82, 2.24) is 9.80 Å². The fourth-order valence-corrected chi connectivity index (χ4v) is 13.9. The molecule has 1 amide bonds. The molecule has 0 N–H and O–H groups in total. The molecule has 7 aliphatic rings. The molecule has 5 fully saturated rings.